The van der Waals surface area contributed by atoms with Crippen LogP contribution in [0.3, 0.4) is 0 Å². The first-order valence-electron chi connectivity index (χ1n) is 7.46. The first kappa shape index (κ1) is 13.1. The molecule has 0 N–H and O–H groups in total. The highest BCUT2D eigenvalue weighted by molar-refractivity contribution is 5.96. The summed E-state index contributed by atoms with van der Waals surface area (Å²) in [5, 5.41) is 0. The maximum atomic E-state index is 5.48. The Morgan fingerprint density at radius 1 is 0.545 bits per heavy atom. The molecule has 0 unspecified atom stereocenters. The molecule has 0 spiro atoms. The van der Waals surface area contributed by atoms with E-state index in [4.69, 9.17) is 9.47 Å². The van der Waals surface area contributed by atoms with Crippen molar-refractivity contribution in [1.82, 2.24) is 0 Å². The van der Waals surface area contributed by atoms with E-state index in [0.717, 1.165) is 36.0 Å². The van der Waals surface area contributed by atoms with Crippen molar-refractivity contribution in [3.63, 3.8) is 0 Å². The van der Waals surface area contributed by atoms with Gasteiger partial charge in [-0.05, 0) is 35.4 Å². The van der Waals surface area contributed by atoms with Crippen molar-refractivity contribution in [3.8, 4) is 11.1 Å². The Kier molecular flexibility index (Phi) is 3.35. The van der Waals surface area contributed by atoms with Crippen LogP contribution >= 0.6 is 0 Å². The van der Waals surface area contributed by atoms with E-state index in [-0.39, 0.29) is 0 Å². The summed E-state index contributed by atoms with van der Waals surface area (Å²) in [6.45, 7) is 2.88. The second-order valence-electron chi connectivity index (χ2n) is 5.23. The maximum absolute atomic E-state index is 5.48. The van der Waals surface area contributed by atoms with Crippen LogP contribution in [0.4, 0.5) is 0 Å². The second kappa shape index (κ2) is 5.64. The highest BCUT2D eigenvalue weighted by Crippen LogP contribution is 2.22. The molecule has 0 fully saturated rings. The Hall–Kier alpha value is -2.62. The van der Waals surface area contributed by atoms with Crippen molar-refractivity contribution < 1.29 is 9.47 Å². The summed E-state index contributed by atoms with van der Waals surface area (Å²) < 4.78 is 11.0. The van der Waals surface area contributed by atoms with E-state index < -0.39 is 0 Å². The fourth-order valence-electron chi connectivity index (χ4n) is 2.63. The molecular formula is C18H16N2O2. The SMILES string of the molecule is c1cc(-c2ccc(C3=NCCO3)cc2)ccc1C1=NCCO1. The molecule has 0 radical (unpaired) electrons. The predicted octanol–water partition coefficient (Wildman–Crippen LogP) is 2.91. The molecule has 0 bridgehead atoms. The van der Waals surface area contributed by atoms with Crippen LogP contribution in [0.15, 0.2) is 58.5 Å². The fourth-order valence-corrected chi connectivity index (χ4v) is 2.63. The van der Waals surface area contributed by atoms with Gasteiger partial charge in [-0.15, -0.1) is 0 Å². The number of hydrogen-bond donors (Lipinski definition) is 0. The van der Waals surface area contributed by atoms with Gasteiger partial charge < -0.3 is 9.47 Å². The van der Waals surface area contributed by atoms with Crippen molar-refractivity contribution in [3.05, 3.63) is 59.7 Å². The van der Waals surface area contributed by atoms with E-state index in [1.54, 1.807) is 0 Å². The zero-order valence-electron chi connectivity index (χ0n) is 12.2. The van der Waals surface area contributed by atoms with Gasteiger partial charge in [0.15, 0.2) is 0 Å². The smallest absolute Gasteiger partial charge is 0.216 e. The molecule has 0 amide bonds. The molecule has 0 saturated heterocycles. The summed E-state index contributed by atoms with van der Waals surface area (Å²) in [6, 6.07) is 16.6. The van der Waals surface area contributed by atoms with Crippen LogP contribution < -0.4 is 0 Å². The monoisotopic (exact) mass is 292 g/mol. The standard InChI is InChI=1S/C18H16N2O2/c1-5-15(17-19-9-11-21-17)6-2-13(1)14-3-7-16(8-4-14)18-20-10-12-22-18/h1-8H,9-12H2. The third-order valence-electron chi connectivity index (χ3n) is 3.77. The zero-order valence-corrected chi connectivity index (χ0v) is 12.2. The average molecular weight is 292 g/mol. The topological polar surface area (TPSA) is 43.2 Å². The minimum atomic E-state index is 0.685. The molecular weight excluding hydrogens is 276 g/mol. The van der Waals surface area contributed by atoms with E-state index in [1.165, 1.54) is 11.1 Å². The highest BCUT2D eigenvalue weighted by atomic mass is 16.5. The summed E-state index contributed by atoms with van der Waals surface area (Å²) in [6.07, 6.45) is 0. The van der Waals surface area contributed by atoms with Crippen LogP contribution in [0.2, 0.25) is 0 Å². The Morgan fingerprint density at radius 2 is 0.909 bits per heavy atom. The van der Waals surface area contributed by atoms with E-state index >= 15 is 0 Å². The minimum Gasteiger partial charge on any atom is -0.476 e. The predicted molar refractivity (Wildman–Crippen MR) is 86.6 cm³/mol. The van der Waals surface area contributed by atoms with Crippen LogP contribution in [0.25, 0.3) is 11.1 Å². The molecule has 2 heterocycles. The van der Waals surface area contributed by atoms with Crippen molar-refractivity contribution in [1.29, 1.82) is 0 Å². The van der Waals surface area contributed by atoms with Crippen LogP contribution in [0.1, 0.15) is 11.1 Å². The molecule has 0 saturated carbocycles. The first-order valence-corrected chi connectivity index (χ1v) is 7.46. The van der Waals surface area contributed by atoms with Crippen molar-refractivity contribution in [2.45, 2.75) is 0 Å². The molecule has 0 aromatic heterocycles. The third kappa shape index (κ3) is 2.48. The van der Waals surface area contributed by atoms with E-state index in [2.05, 4.69) is 58.5 Å². The molecule has 2 aromatic carbocycles. The summed E-state index contributed by atoms with van der Waals surface area (Å²) >= 11 is 0. The molecule has 2 aliphatic rings. The van der Waals surface area contributed by atoms with Gasteiger partial charge in [-0.3, -0.25) is 0 Å². The van der Waals surface area contributed by atoms with E-state index in [0.29, 0.717) is 13.2 Å². The number of hydrogen-bond acceptors (Lipinski definition) is 4. The van der Waals surface area contributed by atoms with Crippen molar-refractivity contribution in [2.75, 3.05) is 26.3 Å². The van der Waals surface area contributed by atoms with Gasteiger partial charge in [0.2, 0.25) is 11.8 Å². The summed E-state index contributed by atoms with van der Waals surface area (Å²) in [7, 11) is 0. The maximum Gasteiger partial charge on any atom is 0.216 e. The lowest BCUT2D eigenvalue weighted by Crippen LogP contribution is -2.01. The molecule has 4 heteroatoms. The first-order chi connectivity index (χ1) is 10.9. The summed E-state index contributed by atoms with van der Waals surface area (Å²) in [5.74, 6) is 1.50. The van der Waals surface area contributed by atoms with Gasteiger partial charge in [0, 0.05) is 11.1 Å². The lowest BCUT2D eigenvalue weighted by Gasteiger charge is -2.06. The van der Waals surface area contributed by atoms with E-state index in [1.807, 2.05) is 0 Å². The van der Waals surface area contributed by atoms with Gasteiger partial charge in [-0.25, -0.2) is 9.98 Å². The van der Waals surface area contributed by atoms with Gasteiger partial charge in [0.25, 0.3) is 0 Å². The minimum absolute atomic E-state index is 0.685. The zero-order chi connectivity index (χ0) is 14.8. The molecule has 4 rings (SSSR count). The number of benzene rings is 2. The van der Waals surface area contributed by atoms with Gasteiger partial charge in [0.1, 0.15) is 13.2 Å². The van der Waals surface area contributed by atoms with Crippen molar-refractivity contribution in [2.24, 2.45) is 9.98 Å². The van der Waals surface area contributed by atoms with Crippen LogP contribution in [0.5, 0.6) is 0 Å². The number of rotatable bonds is 3. The van der Waals surface area contributed by atoms with Crippen LogP contribution in [-0.4, -0.2) is 38.1 Å². The van der Waals surface area contributed by atoms with Gasteiger partial charge in [-0.1, -0.05) is 24.3 Å². The highest BCUT2D eigenvalue weighted by Gasteiger charge is 2.11. The van der Waals surface area contributed by atoms with Crippen LogP contribution in [0, 0.1) is 0 Å². The lowest BCUT2D eigenvalue weighted by atomic mass is 10.0. The van der Waals surface area contributed by atoms with Gasteiger partial charge >= 0.3 is 0 Å². The molecule has 2 aliphatic heterocycles. The molecule has 110 valence electrons. The molecule has 0 atom stereocenters. The largest absolute Gasteiger partial charge is 0.476 e. The normalized spacial score (nSPS) is 16.7. The number of aliphatic imine (C=N–C) groups is 2. The Balaban J connectivity index is 1.56. The Labute approximate surface area is 129 Å². The van der Waals surface area contributed by atoms with Gasteiger partial charge in [0.05, 0.1) is 13.1 Å². The molecule has 2 aromatic rings. The lowest BCUT2D eigenvalue weighted by molar-refractivity contribution is 0.348. The Bertz CT molecular complexity index is 665. The molecule has 0 aliphatic carbocycles. The van der Waals surface area contributed by atoms with Gasteiger partial charge in [-0.2, -0.15) is 0 Å². The van der Waals surface area contributed by atoms with Crippen molar-refractivity contribution >= 4 is 11.8 Å². The third-order valence-corrected chi connectivity index (χ3v) is 3.77. The number of nitrogens with zero attached hydrogens (tertiary/aromatic N) is 2. The number of ether oxygens (including phenoxy) is 2. The fraction of sp³-hybridized carbons (Fsp3) is 0.222. The quantitative estimate of drug-likeness (QED) is 0.873. The van der Waals surface area contributed by atoms with E-state index in [9.17, 15) is 0 Å². The van der Waals surface area contributed by atoms with Crippen LogP contribution in [-0.2, 0) is 9.47 Å². The molecule has 4 nitrogen and oxygen atoms in total. The average Bonchev–Trinajstić information content (AvgIpc) is 3.29. The summed E-state index contributed by atoms with van der Waals surface area (Å²) in [4.78, 5) is 8.66. The molecule has 22 heavy (non-hydrogen) atoms. The second-order valence-corrected chi connectivity index (χ2v) is 5.23. The summed E-state index contributed by atoms with van der Waals surface area (Å²) in [5.41, 5.74) is 4.41. The Morgan fingerprint density at radius 3 is 1.23 bits per heavy atom.